The van der Waals surface area contributed by atoms with Crippen LogP contribution in [-0.2, 0) is 30.4 Å². The molecule has 0 spiro atoms. The molecule has 0 heterocycles. The van der Waals surface area contributed by atoms with Gasteiger partial charge in [-0.1, -0.05) is 12.1 Å². The van der Waals surface area contributed by atoms with Crippen LogP contribution in [0.15, 0.2) is 24.3 Å². The van der Waals surface area contributed by atoms with Crippen molar-refractivity contribution in [3.8, 4) is 5.75 Å². The predicted octanol–water partition coefficient (Wildman–Crippen LogP) is -2.71. The molecule has 9 N–H and O–H groups in total. The largest absolute Gasteiger partial charge is 0.508 e. The highest BCUT2D eigenvalue weighted by Gasteiger charge is 2.30. The molecule has 0 aromatic heterocycles. The minimum Gasteiger partial charge on any atom is -0.508 e. The second-order valence-electron chi connectivity index (χ2n) is 6.95. The average molecular weight is 454 g/mol. The Labute approximate surface area is 182 Å². The summed E-state index contributed by atoms with van der Waals surface area (Å²) < 4.78 is 0. The first kappa shape index (κ1) is 26.3. The highest BCUT2D eigenvalue weighted by Crippen LogP contribution is 2.11. The van der Waals surface area contributed by atoms with Gasteiger partial charge in [0.15, 0.2) is 0 Å². The van der Waals surface area contributed by atoms with Crippen LogP contribution in [0.1, 0.15) is 18.9 Å². The van der Waals surface area contributed by atoms with Crippen molar-refractivity contribution < 1.29 is 44.4 Å². The van der Waals surface area contributed by atoms with Crippen LogP contribution >= 0.6 is 0 Å². The van der Waals surface area contributed by atoms with Gasteiger partial charge in [-0.3, -0.25) is 24.0 Å². The van der Waals surface area contributed by atoms with E-state index in [1.807, 2.05) is 5.32 Å². The second-order valence-corrected chi connectivity index (χ2v) is 6.95. The number of nitrogens with two attached hydrogens (primary N) is 1. The minimum absolute atomic E-state index is 0.0292. The number of benzene rings is 1. The maximum atomic E-state index is 12.4. The van der Waals surface area contributed by atoms with Gasteiger partial charge in [-0.25, -0.2) is 0 Å². The van der Waals surface area contributed by atoms with Crippen LogP contribution in [0.5, 0.6) is 5.75 Å². The first-order valence-electron chi connectivity index (χ1n) is 9.44. The number of amides is 3. The molecule has 3 amide bonds. The lowest BCUT2D eigenvalue weighted by atomic mass is 10.1. The average Bonchev–Trinajstić information content (AvgIpc) is 2.72. The molecular weight excluding hydrogens is 428 g/mol. The summed E-state index contributed by atoms with van der Waals surface area (Å²) in [4.78, 5) is 58.7. The van der Waals surface area contributed by atoms with Gasteiger partial charge in [0.1, 0.15) is 23.9 Å². The molecule has 0 fully saturated rings. The molecule has 4 atom stereocenters. The zero-order valence-electron chi connectivity index (χ0n) is 17.1. The lowest BCUT2D eigenvalue weighted by Crippen LogP contribution is -2.58. The Kier molecular flexibility index (Phi) is 10.1. The molecule has 1 rings (SSSR count). The van der Waals surface area contributed by atoms with Crippen molar-refractivity contribution in [2.45, 2.75) is 43.9 Å². The minimum atomic E-state index is -1.65. The third kappa shape index (κ3) is 8.57. The van der Waals surface area contributed by atoms with E-state index >= 15 is 0 Å². The maximum Gasteiger partial charge on any atom is 0.325 e. The lowest BCUT2D eigenvalue weighted by Gasteiger charge is -2.23. The summed E-state index contributed by atoms with van der Waals surface area (Å²) in [6.45, 7) is 0.266. The summed E-state index contributed by atoms with van der Waals surface area (Å²) in [5.41, 5.74) is 6.43. The molecule has 32 heavy (non-hydrogen) atoms. The molecule has 0 saturated heterocycles. The smallest absolute Gasteiger partial charge is 0.325 e. The van der Waals surface area contributed by atoms with Gasteiger partial charge in [0.25, 0.3) is 0 Å². The van der Waals surface area contributed by atoms with Crippen molar-refractivity contribution in [2.24, 2.45) is 5.73 Å². The van der Waals surface area contributed by atoms with Crippen molar-refractivity contribution in [1.82, 2.24) is 16.0 Å². The highest BCUT2D eigenvalue weighted by molar-refractivity contribution is 5.95. The van der Waals surface area contributed by atoms with E-state index in [-0.39, 0.29) is 12.2 Å². The number of aliphatic hydroxyl groups is 1. The molecule has 13 heteroatoms. The number of aromatic hydroxyl groups is 1. The molecular formula is C19H26N4O9. The fourth-order valence-electron chi connectivity index (χ4n) is 2.48. The number of carbonyl (C=O) groups excluding carboxylic acids is 3. The Hall–Kier alpha value is -3.71. The molecule has 0 aliphatic rings. The summed E-state index contributed by atoms with van der Waals surface area (Å²) in [6, 6.07) is 0.245. The summed E-state index contributed by atoms with van der Waals surface area (Å²) in [5, 5.41) is 42.9. The van der Waals surface area contributed by atoms with Gasteiger partial charge < -0.3 is 42.1 Å². The molecule has 1 aromatic carbocycles. The molecule has 0 bridgehead atoms. The summed E-state index contributed by atoms with van der Waals surface area (Å²) in [6.07, 6.45) is -0.806. The lowest BCUT2D eigenvalue weighted by molar-refractivity contribution is -0.143. The van der Waals surface area contributed by atoms with E-state index in [0.717, 1.165) is 6.92 Å². The molecule has 4 unspecified atom stereocenters. The fourth-order valence-corrected chi connectivity index (χ4v) is 2.48. The van der Waals surface area contributed by atoms with Gasteiger partial charge in [-0.15, -0.1) is 0 Å². The van der Waals surface area contributed by atoms with Crippen LogP contribution in [0.25, 0.3) is 0 Å². The number of nitrogens with one attached hydrogen (secondary N) is 3. The van der Waals surface area contributed by atoms with E-state index < -0.39 is 66.9 Å². The van der Waals surface area contributed by atoms with Crippen LogP contribution in [0.4, 0.5) is 0 Å². The molecule has 176 valence electrons. The van der Waals surface area contributed by atoms with Crippen LogP contribution in [0.3, 0.4) is 0 Å². The number of phenolic OH excluding ortho intramolecular Hbond substituents is 1. The Balaban J connectivity index is 2.78. The van der Waals surface area contributed by atoms with Gasteiger partial charge in [0.2, 0.25) is 17.7 Å². The monoisotopic (exact) mass is 454 g/mol. The number of carboxylic acid groups (broad SMARTS) is 2. The number of phenols is 1. The number of rotatable bonds is 12. The normalized spacial score (nSPS) is 14.3. The summed E-state index contributed by atoms with van der Waals surface area (Å²) >= 11 is 0. The number of aliphatic hydroxyl groups excluding tert-OH is 1. The predicted molar refractivity (Wildman–Crippen MR) is 108 cm³/mol. The topological polar surface area (TPSA) is 228 Å². The Bertz CT molecular complexity index is 844. The van der Waals surface area contributed by atoms with Crippen LogP contribution in [-0.4, -0.2) is 80.9 Å². The van der Waals surface area contributed by atoms with Crippen LogP contribution < -0.4 is 21.7 Å². The molecule has 0 aliphatic carbocycles. The fraction of sp³-hybridized carbons (Fsp3) is 0.421. The van der Waals surface area contributed by atoms with Crippen molar-refractivity contribution in [3.63, 3.8) is 0 Å². The van der Waals surface area contributed by atoms with E-state index in [1.165, 1.54) is 12.1 Å². The molecule has 13 nitrogen and oxygen atoms in total. The Morgan fingerprint density at radius 1 is 0.906 bits per heavy atom. The Morgan fingerprint density at radius 2 is 1.44 bits per heavy atom. The van der Waals surface area contributed by atoms with Crippen LogP contribution in [0, 0.1) is 0 Å². The number of hydrogen-bond acceptors (Lipinski definition) is 8. The number of carboxylic acids is 2. The number of hydrogen-bond donors (Lipinski definition) is 8. The van der Waals surface area contributed by atoms with Crippen LogP contribution in [0.2, 0.25) is 0 Å². The highest BCUT2D eigenvalue weighted by atomic mass is 16.4. The number of carbonyl (C=O) groups is 5. The number of aliphatic carboxylic acids is 2. The van der Waals surface area contributed by atoms with Gasteiger partial charge in [0, 0.05) is 0 Å². The van der Waals surface area contributed by atoms with Crippen molar-refractivity contribution in [2.75, 3.05) is 6.61 Å². The van der Waals surface area contributed by atoms with Gasteiger partial charge in [-0.2, -0.15) is 0 Å². The first-order chi connectivity index (χ1) is 14.9. The van der Waals surface area contributed by atoms with E-state index in [1.54, 1.807) is 12.1 Å². The zero-order chi connectivity index (χ0) is 24.4. The van der Waals surface area contributed by atoms with E-state index in [9.17, 15) is 34.2 Å². The van der Waals surface area contributed by atoms with Gasteiger partial charge in [-0.05, 0) is 31.0 Å². The SMILES string of the molecule is CC(NC(=O)C(CC(=O)O)NC(=O)C(CO)NC(=O)C(N)Cc1ccc(O)cc1)C(=O)O. The third-order valence-electron chi connectivity index (χ3n) is 4.29. The quantitative estimate of drug-likeness (QED) is 0.163. The van der Waals surface area contributed by atoms with Crippen molar-refractivity contribution >= 4 is 29.7 Å². The Morgan fingerprint density at radius 3 is 1.94 bits per heavy atom. The second kappa shape index (κ2) is 12.2. The first-order valence-corrected chi connectivity index (χ1v) is 9.44. The van der Waals surface area contributed by atoms with Gasteiger partial charge >= 0.3 is 11.9 Å². The molecule has 0 aliphatic heterocycles. The maximum absolute atomic E-state index is 12.4. The van der Waals surface area contributed by atoms with Crippen molar-refractivity contribution in [1.29, 1.82) is 0 Å². The standard InChI is InChI=1S/C19H26N4O9/c1-9(19(31)32)21-17(29)13(7-15(26)27)22-18(30)14(8-24)23-16(28)12(20)6-10-2-4-11(25)5-3-10/h2-5,9,12-14,24-25H,6-8,20H2,1H3,(H,21,29)(H,22,30)(H,23,28)(H,26,27)(H,31,32). The summed E-state index contributed by atoms with van der Waals surface area (Å²) in [7, 11) is 0. The molecule has 1 aromatic rings. The third-order valence-corrected chi connectivity index (χ3v) is 4.29. The van der Waals surface area contributed by atoms with E-state index in [4.69, 9.17) is 15.9 Å². The van der Waals surface area contributed by atoms with Gasteiger partial charge in [0.05, 0.1) is 19.1 Å². The molecule has 0 saturated carbocycles. The van der Waals surface area contributed by atoms with Crippen molar-refractivity contribution in [3.05, 3.63) is 29.8 Å². The molecule has 0 radical (unpaired) electrons. The van der Waals surface area contributed by atoms with E-state index in [2.05, 4.69) is 10.6 Å². The van der Waals surface area contributed by atoms with E-state index in [0.29, 0.717) is 5.56 Å². The summed E-state index contributed by atoms with van der Waals surface area (Å²) in [5.74, 6) is -5.73. The zero-order valence-corrected chi connectivity index (χ0v) is 17.1.